The first kappa shape index (κ1) is 17.7. The number of rotatable bonds is 7. The Morgan fingerprint density at radius 1 is 1.28 bits per heavy atom. The molecule has 2 heterocycles. The SMILES string of the molecule is CCNCC1CCN(C(=O)CCc2ncc(-c3ccccc3)o2)CC1. The van der Waals surface area contributed by atoms with E-state index in [4.69, 9.17) is 4.42 Å². The number of hydrogen-bond acceptors (Lipinski definition) is 4. The summed E-state index contributed by atoms with van der Waals surface area (Å²) in [6.07, 6.45) is 4.95. The van der Waals surface area contributed by atoms with Crippen LogP contribution < -0.4 is 5.32 Å². The monoisotopic (exact) mass is 341 g/mol. The molecule has 0 saturated carbocycles. The summed E-state index contributed by atoms with van der Waals surface area (Å²) in [5.74, 6) is 2.30. The van der Waals surface area contributed by atoms with E-state index in [0.29, 0.717) is 24.7 Å². The predicted molar refractivity (Wildman–Crippen MR) is 98.1 cm³/mol. The largest absolute Gasteiger partial charge is 0.441 e. The smallest absolute Gasteiger partial charge is 0.223 e. The molecule has 1 aliphatic rings. The predicted octanol–water partition coefficient (Wildman–Crippen LogP) is 3.12. The highest BCUT2D eigenvalue weighted by Gasteiger charge is 2.22. The average molecular weight is 341 g/mol. The Kier molecular flexibility index (Phi) is 6.23. The molecule has 25 heavy (non-hydrogen) atoms. The van der Waals surface area contributed by atoms with Gasteiger partial charge in [0, 0.05) is 31.5 Å². The summed E-state index contributed by atoms with van der Waals surface area (Å²) in [5, 5.41) is 3.40. The number of amides is 1. The molecule has 0 spiro atoms. The van der Waals surface area contributed by atoms with Crippen LogP contribution in [-0.4, -0.2) is 42.0 Å². The van der Waals surface area contributed by atoms with Crippen LogP contribution >= 0.6 is 0 Å². The maximum absolute atomic E-state index is 12.4. The number of nitrogens with zero attached hydrogens (tertiary/aromatic N) is 2. The van der Waals surface area contributed by atoms with Gasteiger partial charge < -0.3 is 14.6 Å². The molecule has 3 rings (SSSR count). The van der Waals surface area contributed by atoms with E-state index in [1.807, 2.05) is 35.2 Å². The van der Waals surface area contributed by atoms with Gasteiger partial charge in [-0.1, -0.05) is 37.3 Å². The van der Waals surface area contributed by atoms with Gasteiger partial charge in [0.1, 0.15) is 0 Å². The number of aromatic nitrogens is 1. The minimum absolute atomic E-state index is 0.210. The summed E-state index contributed by atoms with van der Waals surface area (Å²) in [5.41, 5.74) is 1.01. The van der Waals surface area contributed by atoms with Crippen LogP contribution in [-0.2, 0) is 11.2 Å². The van der Waals surface area contributed by atoms with Crippen molar-refractivity contribution < 1.29 is 9.21 Å². The minimum Gasteiger partial charge on any atom is -0.441 e. The summed E-state index contributed by atoms with van der Waals surface area (Å²) in [6, 6.07) is 9.91. The van der Waals surface area contributed by atoms with Crippen LogP contribution in [0.25, 0.3) is 11.3 Å². The first-order chi connectivity index (χ1) is 12.3. The number of benzene rings is 1. The van der Waals surface area contributed by atoms with E-state index in [-0.39, 0.29) is 5.91 Å². The average Bonchev–Trinajstić information content (AvgIpc) is 3.14. The van der Waals surface area contributed by atoms with Gasteiger partial charge in [-0.05, 0) is 31.8 Å². The summed E-state index contributed by atoms with van der Waals surface area (Å²) in [7, 11) is 0. The number of hydrogen-bond donors (Lipinski definition) is 1. The Hall–Kier alpha value is -2.14. The van der Waals surface area contributed by atoms with Crippen molar-refractivity contribution in [2.75, 3.05) is 26.2 Å². The lowest BCUT2D eigenvalue weighted by molar-refractivity contribution is -0.132. The Bertz CT molecular complexity index is 661. The van der Waals surface area contributed by atoms with Gasteiger partial charge in [-0.25, -0.2) is 4.98 Å². The lowest BCUT2D eigenvalue weighted by Gasteiger charge is -2.32. The van der Waals surface area contributed by atoms with E-state index >= 15 is 0 Å². The second kappa shape index (κ2) is 8.81. The standard InChI is InChI=1S/C20H27N3O2/c1-2-21-14-16-10-12-23(13-11-16)20(24)9-8-19-22-15-18(25-19)17-6-4-3-5-7-17/h3-7,15-16,21H,2,8-14H2,1H3. The number of aryl methyl sites for hydroxylation is 1. The van der Waals surface area contributed by atoms with E-state index in [9.17, 15) is 4.79 Å². The van der Waals surface area contributed by atoms with Crippen molar-refractivity contribution in [3.8, 4) is 11.3 Å². The molecule has 1 aromatic heterocycles. The topological polar surface area (TPSA) is 58.4 Å². The van der Waals surface area contributed by atoms with Crippen molar-refractivity contribution in [1.82, 2.24) is 15.2 Å². The highest BCUT2D eigenvalue weighted by Crippen LogP contribution is 2.21. The third kappa shape index (κ3) is 4.92. The molecular weight excluding hydrogens is 314 g/mol. The normalized spacial score (nSPS) is 15.5. The van der Waals surface area contributed by atoms with Crippen LogP contribution in [0, 0.1) is 5.92 Å². The van der Waals surface area contributed by atoms with Gasteiger partial charge in [0.15, 0.2) is 11.7 Å². The molecule has 1 N–H and O–H groups in total. The highest BCUT2D eigenvalue weighted by molar-refractivity contribution is 5.76. The van der Waals surface area contributed by atoms with E-state index < -0.39 is 0 Å². The van der Waals surface area contributed by atoms with Gasteiger partial charge in [-0.15, -0.1) is 0 Å². The molecule has 1 amide bonds. The molecule has 1 aliphatic heterocycles. The Labute approximate surface area is 149 Å². The fourth-order valence-corrected chi connectivity index (χ4v) is 3.27. The van der Waals surface area contributed by atoms with E-state index in [1.165, 1.54) is 0 Å². The second-order valence-corrected chi connectivity index (χ2v) is 6.62. The maximum Gasteiger partial charge on any atom is 0.223 e. The number of nitrogens with one attached hydrogen (secondary N) is 1. The number of likely N-dealkylation sites (tertiary alicyclic amines) is 1. The number of carbonyl (C=O) groups excluding carboxylic acids is 1. The molecule has 1 saturated heterocycles. The number of oxazole rings is 1. The minimum atomic E-state index is 0.210. The van der Waals surface area contributed by atoms with Crippen molar-refractivity contribution in [1.29, 1.82) is 0 Å². The van der Waals surface area contributed by atoms with Crippen LogP contribution in [0.1, 0.15) is 32.1 Å². The Morgan fingerprint density at radius 2 is 2.04 bits per heavy atom. The second-order valence-electron chi connectivity index (χ2n) is 6.62. The molecule has 0 radical (unpaired) electrons. The fraction of sp³-hybridized carbons (Fsp3) is 0.500. The summed E-state index contributed by atoms with van der Waals surface area (Å²) in [6.45, 7) is 5.95. The van der Waals surface area contributed by atoms with Gasteiger partial charge in [0.25, 0.3) is 0 Å². The van der Waals surface area contributed by atoms with E-state index in [0.717, 1.165) is 50.3 Å². The van der Waals surface area contributed by atoms with E-state index in [1.54, 1.807) is 6.20 Å². The number of piperidine rings is 1. The first-order valence-electron chi connectivity index (χ1n) is 9.25. The molecule has 2 aromatic rings. The third-order valence-corrected chi connectivity index (χ3v) is 4.81. The summed E-state index contributed by atoms with van der Waals surface area (Å²) in [4.78, 5) is 18.7. The zero-order valence-electron chi connectivity index (χ0n) is 14.9. The van der Waals surface area contributed by atoms with Crippen LogP contribution in [0.4, 0.5) is 0 Å². The highest BCUT2D eigenvalue weighted by atomic mass is 16.4. The molecule has 1 aromatic carbocycles. The van der Waals surface area contributed by atoms with E-state index in [2.05, 4.69) is 17.2 Å². The molecular formula is C20H27N3O2. The summed E-state index contributed by atoms with van der Waals surface area (Å²) >= 11 is 0. The lowest BCUT2D eigenvalue weighted by Crippen LogP contribution is -2.40. The fourth-order valence-electron chi connectivity index (χ4n) is 3.27. The van der Waals surface area contributed by atoms with Crippen molar-refractivity contribution in [2.45, 2.75) is 32.6 Å². The van der Waals surface area contributed by atoms with Gasteiger partial charge >= 0.3 is 0 Å². The van der Waals surface area contributed by atoms with Crippen LogP contribution in [0.2, 0.25) is 0 Å². The molecule has 5 heteroatoms. The first-order valence-corrected chi connectivity index (χ1v) is 9.25. The van der Waals surface area contributed by atoms with Crippen LogP contribution in [0.5, 0.6) is 0 Å². The molecule has 134 valence electrons. The van der Waals surface area contributed by atoms with Crippen molar-refractivity contribution in [2.24, 2.45) is 5.92 Å². The Balaban J connectivity index is 1.45. The van der Waals surface area contributed by atoms with Crippen LogP contribution in [0.15, 0.2) is 40.9 Å². The quantitative estimate of drug-likeness (QED) is 0.841. The van der Waals surface area contributed by atoms with Crippen molar-refractivity contribution in [3.05, 3.63) is 42.4 Å². The lowest BCUT2D eigenvalue weighted by atomic mass is 9.96. The van der Waals surface area contributed by atoms with Gasteiger partial charge in [0.05, 0.1) is 6.20 Å². The zero-order chi connectivity index (χ0) is 17.5. The van der Waals surface area contributed by atoms with Gasteiger partial charge in [-0.3, -0.25) is 4.79 Å². The molecule has 0 unspecified atom stereocenters. The number of carbonyl (C=O) groups is 1. The van der Waals surface area contributed by atoms with Crippen molar-refractivity contribution in [3.63, 3.8) is 0 Å². The molecule has 5 nitrogen and oxygen atoms in total. The summed E-state index contributed by atoms with van der Waals surface area (Å²) < 4.78 is 5.78. The molecule has 0 atom stereocenters. The zero-order valence-corrected chi connectivity index (χ0v) is 14.9. The molecule has 0 aliphatic carbocycles. The third-order valence-electron chi connectivity index (χ3n) is 4.81. The van der Waals surface area contributed by atoms with Gasteiger partial charge in [0.2, 0.25) is 5.91 Å². The van der Waals surface area contributed by atoms with Crippen molar-refractivity contribution >= 4 is 5.91 Å². The Morgan fingerprint density at radius 3 is 2.76 bits per heavy atom. The van der Waals surface area contributed by atoms with Crippen LogP contribution in [0.3, 0.4) is 0 Å². The van der Waals surface area contributed by atoms with Gasteiger partial charge in [-0.2, -0.15) is 0 Å². The maximum atomic E-state index is 12.4. The molecule has 1 fully saturated rings. The molecule has 0 bridgehead atoms.